The maximum absolute atomic E-state index is 11.1. The first-order valence-electron chi connectivity index (χ1n) is 5.88. The third-order valence-electron chi connectivity index (χ3n) is 3.04. The first-order valence-corrected chi connectivity index (χ1v) is 5.88. The van der Waals surface area contributed by atoms with Crippen molar-refractivity contribution in [3.63, 3.8) is 0 Å². The summed E-state index contributed by atoms with van der Waals surface area (Å²) in [7, 11) is 0. The second kappa shape index (κ2) is 6.08. The predicted molar refractivity (Wildman–Crippen MR) is 61.5 cm³/mol. The maximum Gasteiger partial charge on any atom is 0.234 e. The average Bonchev–Trinajstić information content (AvgIpc) is 2.58. The Morgan fingerprint density at radius 3 is 2.87 bits per heavy atom. The van der Waals surface area contributed by atoms with Gasteiger partial charge in [0, 0.05) is 13.1 Å². The summed E-state index contributed by atoms with van der Waals surface area (Å²) in [5, 5.41) is 3.12. The molecule has 0 spiro atoms. The zero-order chi connectivity index (χ0) is 11.3. The number of carbonyl (C=O) groups excluding carboxylic acids is 1. The van der Waals surface area contributed by atoms with E-state index in [4.69, 9.17) is 5.73 Å². The van der Waals surface area contributed by atoms with Crippen molar-refractivity contribution in [1.29, 1.82) is 0 Å². The van der Waals surface area contributed by atoms with Crippen LogP contribution in [0.25, 0.3) is 0 Å². The van der Waals surface area contributed by atoms with Crippen molar-refractivity contribution in [1.82, 2.24) is 10.2 Å². The molecule has 0 aromatic heterocycles. The van der Waals surface area contributed by atoms with Crippen molar-refractivity contribution < 1.29 is 4.79 Å². The minimum absolute atomic E-state index is 0.161. The van der Waals surface area contributed by atoms with Gasteiger partial charge in [-0.1, -0.05) is 13.8 Å². The first-order chi connectivity index (χ1) is 7.13. The minimum atomic E-state index is -0.232. The lowest BCUT2D eigenvalue weighted by atomic mass is 10.1. The Morgan fingerprint density at radius 2 is 2.40 bits per heavy atom. The van der Waals surface area contributed by atoms with E-state index in [0.29, 0.717) is 0 Å². The Morgan fingerprint density at radius 1 is 1.67 bits per heavy atom. The van der Waals surface area contributed by atoms with Crippen LogP contribution in [0.1, 0.15) is 26.7 Å². The number of amides is 1. The van der Waals surface area contributed by atoms with Gasteiger partial charge < -0.3 is 16.0 Å². The highest BCUT2D eigenvalue weighted by Crippen LogP contribution is 2.15. The monoisotopic (exact) mass is 213 g/mol. The number of nitrogens with two attached hydrogens (primary N) is 1. The van der Waals surface area contributed by atoms with Crippen LogP contribution in [0.4, 0.5) is 0 Å². The molecule has 2 unspecified atom stereocenters. The van der Waals surface area contributed by atoms with Crippen LogP contribution < -0.4 is 11.1 Å². The summed E-state index contributed by atoms with van der Waals surface area (Å²) in [5.41, 5.74) is 5.31. The van der Waals surface area contributed by atoms with E-state index in [-0.39, 0.29) is 11.9 Å². The zero-order valence-electron chi connectivity index (χ0n) is 9.83. The largest absolute Gasteiger partial charge is 0.368 e. The highest BCUT2D eigenvalue weighted by Gasteiger charge is 2.20. The second-order valence-electron chi connectivity index (χ2n) is 4.50. The van der Waals surface area contributed by atoms with Gasteiger partial charge in [0.05, 0.1) is 6.04 Å². The minimum Gasteiger partial charge on any atom is -0.368 e. The summed E-state index contributed by atoms with van der Waals surface area (Å²) < 4.78 is 0. The van der Waals surface area contributed by atoms with Crippen LogP contribution in [-0.4, -0.2) is 43.0 Å². The molecule has 0 bridgehead atoms. The summed E-state index contributed by atoms with van der Waals surface area (Å²) in [4.78, 5) is 13.5. The Kier molecular flexibility index (Phi) is 5.05. The van der Waals surface area contributed by atoms with E-state index < -0.39 is 0 Å². The summed E-state index contributed by atoms with van der Waals surface area (Å²) in [6, 6.07) is -0.161. The smallest absolute Gasteiger partial charge is 0.234 e. The van der Waals surface area contributed by atoms with Crippen molar-refractivity contribution in [2.24, 2.45) is 11.7 Å². The number of rotatable bonds is 6. The number of carbonyl (C=O) groups is 1. The lowest BCUT2D eigenvalue weighted by Gasteiger charge is -2.19. The molecule has 15 heavy (non-hydrogen) atoms. The number of nitrogens with one attached hydrogen (secondary N) is 1. The van der Waals surface area contributed by atoms with Gasteiger partial charge in [0.2, 0.25) is 5.91 Å². The van der Waals surface area contributed by atoms with Crippen LogP contribution in [0, 0.1) is 5.92 Å². The quantitative estimate of drug-likeness (QED) is 0.662. The Balaban J connectivity index is 2.24. The van der Waals surface area contributed by atoms with Gasteiger partial charge in [0.1, 0.15) is 0 Å². The van der Waals surface area contributed by atoms with E-state index >= 15 is 0 Å². The zero-order valence-corrected chi connectivity index (χ0v) is 9.83. The third kappa shape index (κ3) is 4.18. The molecule has 3 N–H and O–H groups in total. The number of nitrogens with zero attached hydrogens (tertiary/aromatic N) is 1. The molecule has 1 rings (SSSR count). The van der Waals surface area contributed by atoms with Gasteiger partial charge >= 0.3 is 0 Å². The summed E-state index contributed by atoms with van der Waals surface area (Å²) in [6.07, 6.45) is 2.11. The van der Waals surface area contributed by atoms with Crippen LogP contribution in [0.5, 0.6) is 0 Å². The third-order valence-corrected chi connectivity index (χ3v) is 3.04. The fraction of sp³-hybridized carbons (Fsp3) is 0.909. The average molecular weight is 213 g/mol. The van der Waals surface area contributed by atoms with Crippen molar-refractivity contribution in [3.8, 4) is 0 Å². The van der Waals surface area contributed by atoms with Gasteiger partial charge in [0.25, 0.3) is 0 Å². The fourth-order valence-electron chi connectivity index (χ4n) is 2.13. The topological polar surface area (TPSA) is 58.4 Å². The van der Waals surface area contributed by atoms with E-state index in [2.05, 4.69) is 17.1 Å². The molecule has 88 valence electrons. The van der Waals surface area contributed by atoms with Crippen LogP contribution in [0.15, 0.2) is 0 Å². The van der Waals surface area contributed by atoms with Gasteiger partial charge in [-0.3, -0.25) is 4.79 Å². The highest BCUT2D eigenvalue weighted by atomic mass is 16.1. The molecule has 0 saturated carbocycles. The number of primary amides is 1. The molecular formula is C11H23N3O. The van der Waals surface area contributed by atoms with Crippen LogP contribution in [0.3, 0.4) is 0 Å². The van der Waals surface area contributed by atoms with Crippen molar-refractivity contribution in [2.45, 2.75) is 32.7 Å². The number of likely N-dealkylation sites (N-methyl/N-ethyl adjacent to an activating group) is 1. The predicted octanol–water partition coefficient (Wildman–Crippen LogP) is 0.182. The molecule has 1 saturated heterocycles. The lowest BCUT2D eigenvalue weighted by molar-refractivity contribution is -0.120. The van der Waals surface area contributed by atoms with Gasteiger partial charge in [-0.25, -0.2) is 0 Å². The van der Waals surface area contributed by atoms with E-state index in [1.807, 2.05) is 6.92 Å². The Hall–Kier alpha value is -0.610. The Labute approximate surface area is 92.2 Å². The molecule has 2 atom stereocenters. The number of hydrogen-bond acceptors (Lipinski definition) is 3. The van der Waals surface area contributed by atoms with Gasteiger partial charge in [0.15, 0.2) is 0 Å². The standard InChI is InChI=1S/C11H23N3O/c1-3-13-10(11(12)15)5-7-14-6-4-9(2)8-14/h9-10,13H,3-8H2,1-2H3,(H2,12,15). The van der Waals surface area contributed by atoms with Crippen LogP contribution >= 0.6 is 0 Å². The molecule has 0 aromatic carbocycles. The second-order valence-corrected chi connectivity index (χ2v) is 4.50. The van der Waals surface area contributed by atoms with Gasteiger partial charge in [-0.15, -0.1) is 0 Å². The van der Waals surface area contributed by atoms with E-state index in [9.17, 15) is 4.79 Å². The van der Waals surface area contributed by atoms with Crippen molar-refractivity contribution in [2.75, 3.05) is 26.2 Å². The molecule has 1 aliphatic rings. The van der Waals surface area contributed by atoms with Crippen molar-refractivity contribution >= 4 is 5.91 Å². The first kappa shape index (κ1) is 12.5. The molecule has 1 fully saturated rings. The lowest BCUT2D eigenvalue weighted by Crippen LogP contribution is -2.43. The molecule has 0 aromatic rings. The normalized spacial score (nSPS) is 24.3. The number of hydrogen-bond donors (Lipinski definition) is 2. The molecule has 1 amide bonds. The molecular weight excluding hydrogens is 190 g/mol. The van der Waals surface area contributed by atoms with Gasteiger partial charge in [-0.05, 0) is 31.8 Å². The summed E-state index contributed by atoms with van der Waals surface area (Å²) in [6.45, 7) is 8.37. The molecule has 1 heterocycles. The van der Waals surface area contributed by atoms with E-state index in [1.165, 1.54) is 13.0 Å². The summed E-state index contributed by atoms with van der Waals surface area (Å²) in [5.74, 6) is 0.570. The van der Waals surface area contributed by atoms with Crippen molar-refractivity contribution in [3.05, 3.63) is 0 Å². The van der Waals surface area contributed by atoms with Crippen LogP contribution in [0.2, 0.25) is 0 Å². The molecule has 0 radical (unpaired) electrons. The highest BCUT2D eigenvalue weighted by molar-refractivity contribution is 5.79. The maximum atomic E-state index is 11.1. The Bertz CT molecular complexity index is 208. The molecule has 4 nitrogen and oxygen atoms in total. The summed E-state index contributed by atoms with van der Waals surface area (Å²) >= 11 is 0. The SMILES string of the molecule is CCNC(CCN1CCC(C)C1)C(N)=O. The fourth-order valence-corrected chi connectivity index (χ4v) is 2.13. The molecule has 4 heteroatoms. The molecule has 0 aliphatic carbocycles. The van der Waals surface area contributed by atoms with E-state index in [1.54, 1.807) is 0 Å². The molecule has 1 aliphatic heterocycles. The van der Waals surface area contributed by atoms with Crippen LogP contribution in [-0.2, 0) is 4.79 Å². The van der Waals surface area contributed by atoms with E-state index in [0.717, 1.165) is 32.0 Å². The number of likely N-dealkylation sites (tertiary alicyclic amines) is 1. The van der Waals surface area contributed by atoms with Gasteiger partial charge in [-0.2, -0.15) is 0 Å².